The molecule has 0 aromatic carbocycles. The second-order valence-electron chi connectivity index (χ2n) is 25.3. The zero-order chi connectivity index (χ0) is 56.6. The number of allylic oxidation sites excluding steroid dienone is 3. The molecule has 0 spiro atoms. The van der Waals surface area contributed by atoms with Crippen LogP contribution in [0.15, 0.2) is 23.3 Å². The number of fused-ring (bicyclic) bond motifs is 5. The van der Waals surface area contributed by atoms with Gasteiger partial charge in [-0.3, -0.25) is 0 Å². The Kier molecular flexibility index (Phi) is 18.7. The lowest BCUT2D eigenvalue weighted by Gasteiger charge is -2.68. The Bertz CT molecular complexity index is 2060. The van der Waals surface area contributed by atoms with Gasteiger partial charge in [0.1, 0.15) is 97.7 Å². The highest BCUT2D eigenvalue weighted by molar-refractivity contribution is 5.34. The molecule has 4 aliphatic heterocycles. The molecule has 0 unspecified atom stereocenters. The molecular weight excluding hydrogens is 1020 g/mol. The number of hydrogen-bond acceptors (Lipinski definition) is 23. The molecule has 4 aliphatic carbocycles. The van der Waals surface area contributed by atoms with E-state index in [0.717, 1.165) is 17.6 Å². The quantitative estimate of drug-likeness (QED) is 0.0724. The maximum atomic E-state index is 12.8. The topological polar surface area (TPSA) is 377 Å². The van der Waals surface area contributed by atoms with Gasteiger partial charge in [0.05, 0.1) is 44.2 Å². The first kappa shape index (κ1) is 61.6. The van der Waals surface area contributed by atoms with E-state index in [1.165, 1.54) is 0 Å². The van der Waals surface area contributed by atoms with Crippen LogP contribution in [0.2, 0.25) is 0 Å². The van der Waals surface area contributed by atoms with Crippen molar-refractivity contribution >= 4 is 0 Å². The highest BCUT2D eigenvalue weighted by Crippen LogP contribution is 2.75. The van der Waals surface area contributed by atoms with Gasteiger partial charge in [-0.05, 0) is 106 Å². The second-order valence-corrected chi connectivity index (χ2v) is 25.3. The maximum Gasteiger partial charge on any atom is 0.187 e. The summed E-state index contributed by atoms with van der Waals surface area (Å²) in [6, 6.07) is 0. The average molecular weight is 1110 g/mol. The highest BCUT2D eigenvalue weighted by Gasteiger charge is 2.71. The van der Waals surface area contributed by atoms with Crippen molar-refractivity contribution in [2.75, 3.05) is 26.4 Å². The van der Waals surface area contributed by atoms with Gasteiger partial charge in [-0.1, -0.05) is 57.9 Å². The molecule has 29 atom stereocenters. The van der Waals surface area contributed by atoms with Gasteiger partial charge in [0, 0.05) is 5.41 Å². The van der Waals surface area contributed by atoms with Gasteiger partial charge >= 0.3 is 0 Å². The molecule has 7 fully saturated rings. The van der Waals surface area contributed by atoms with Gasteiger partial charge in [0.25, 0.3) is 0 Å². The van der Waals surface area contributed by atoms with E-state index in [2.05, 4.69) is 46.8 Å². The molecule has 444 valence electrons. The van der Waals surface area contributed by atoms with Gasteiger partial charge in [0.15, 0.2) is 25.2 Å². The van der Waals surface area contributed by atoms with Crippen LogP contribution in [0.5, 0.6) is 0 Å². The Hall–Kier alpha value is -1.44. The van der Waals surface area contributed by atoms with Crippen molar-refractivity contribution in [3.8, 4) is 0 Å². The van der Waals surface area contributed by atoms with Crippen molar-refractivity contribution in [3.05, 3.63) is 23.3 Å². The first-order valence-corrected chi connectivity index (χ1v) is 27.6. The van der Waals surface area contributed by atoms with E-state index in [1.807, 2.05) is 20.8 Å². The first-order valence-electron chi connectivity index (χ1n) is 27.6. The van der Waals surface area contributed by atoms with Gasteiger partial charge in [-0.2, -0.15) is 0 Å². The van der Waals surface area contributed by atoms with Crippen LogP contribution in [0, 0.1) is 39.4 Å². The normalized spacial score (nSPS) is 51.6. The first-order chi connectivity index (χ1) is 36.0. The molecule has 4 heterocycles. The van der Waals surface area contributed by atoms with E-state index in [9.17, 15) is 76.6 Å². The minimum Gasteiger partial charge on any atom is -0.394 e. The summed E-state index contributed by atoms with van der Waals surface area (Å²) in [5.41, 5.74) is -0.902. The zero-order valence-corrected chi connectivity index (χ0v) is 45.5. The summed E-state index contributed by atoms with van der Waals surface area (Å²) in [6.45, 7) is 14.2. The number of aliphatic hydroxyl groups is 15. The van der Waals surface area contributed by atoms with E-state index < -0.39 is 183 Å². The number of aliphatic hydroxyl groups excluding tert-OH is 15. The molecule has 0 amide bonds. The van der Waals surface area contributed by atoms with E-state index >= 15 is 0 Å². The van der Waals surface area contributed by atoms with Crippen LogP contribution in [-0.4, -0.2) is 244 Å². The van der Waals surface area contributed by atoms with Crippen LogP contribution in [-0.2, 0) is 37.9 Å². The fraction of sp³-hybridized carbons (Fsp3) is 0.926. The van der Waals surface area contributed by atoms with E-state index in [-0.39, 0.29) is 23.2 Å². The summed E-state index contributed by atoms with van der Waals surface area (Å²) in [4.78, 5) is 0. The molecular formula is C54H90O23. The molecule has 8 aliphatic rings. The van der Waals surface area contributed by atoms with Crippen LogP contribution >= 0.6 is 0 Å². The largest absolute Gasteiger partial charge is 0.394 e. The van der Waals surface area contributed by atoms with Gasteiger partial charge < -0.3 is 114 Å². The summed E-state index contributed by atoms with van der Waals surface area (Å²) in [7, 11) is 0. The molecule has 23 heteroatoms. The third-order valence-electron chi connectivity index (χ3n) is 20.2. The number of hydrogen-bond donors (Lipinski definition) is 15. The summed E-state index contributed by atoms with van der Waals surface area (Å²) in [6.07, 6.45) is -24.3. The zero-order valence-electron chi connectivity index (χ0n) is 45.5. The molecule has 0 bridgehead atoms. The van der Waals surface area contributed by atoms with Crippen molar-refractivity contribution < 1.29 is 114 Å². The fourth-order valence-corrected chi connectivity index (χ4v) is 15.5. The standard InChI is InChI=1S/C54H90O23/c1-23(2)10-9-14-54(8,77-48-44(69)40(65)37(62)29(74-48)22-70-46-42(67)38(63)34(59)26(19-55)71-46)24-11-16-53(7)33(24)25(58)18-31-51(5)15-13-32(50(3,4)30(51)12-17-52(31,53)6)75-49-45(41(66)36(61)28(21-57)73-49)76-47-43(68)39(64)35(60)27(20-56)72-47/h10,12,24-29,31-49,55-69H,9,11,13-22H2,1-8H3/t24-,25+,26+,27+,28+,29+,31+,32-,33-,34+,35+,36+,37+,38-,39-,40-,41-,42+,43+,44+,45+,46+,47-,48-,49-,51-,52+,53+,54-/m0/s1. The minimum absolute atomic E-state index is 0.0309. The summed E-state index contributed by atoms with van der Waals surface area (Å²) >= 11 is 0. The second kappa shape index (κ2) is 23.3. The predicted octanol–water partition coefficient (Wildman–Crippen LogP) is -2.28. The van der Waals surface area contributed by atoms with E-state index in [4.69, 9.17) is 37.9 Å². The Morgan fingerprint density at radius 2 is 1.13 bits per heavy atom. The van der Waals surface area contributed by atoms with Crippen LogP contribution in [0.25, 0.3) is 0 Å². The lowest BCUT2D eigenvalue weighted by atomic mass is 9.37. The Morgan fingerprint density at radius 3 is 1.71 bits per heavy atom. The molecule has 0 aromatic rings. The van der Waals surface area contributed by atoms with Gasteiger partial charge in [-0.15, -0.1) is 0 Å². The third kappa shape index (κ3) is 10.8. The third-order valence-corrected chi connectivity index (χ3v) is 20.2. The molecule has 23 nitrogen and oxygen atoms in total. The Labute approximate surface area is 449 Å². The van der Waals surface area contributed by atoms with Crippen molar-refractivity contribution in [2.45, 2.75) is 247 Å². The Morgan fingerprint density at radius 1 is 0.610 bits per heavy atom. The van der Waals surface area contributed by atoms with Crippen molar-refractivity contribution in [1.82, 2.24) is 0 Å². The highest BCUT2D eigenvalue weighted by atomic mass is 16.8. The maximum absolute atomic E-state index is 12.8. The van der Waals surface area contributed by atoms with Crippen molar-refractivity contribution in [3.63, 3.8) is 0 Å². The average Bonchev–Trinajstić information content (AvgIpc) is 3.96. The monoisotopic (exact) mass is 1110 g/mol. The van der Waals surface area contributed by atoms with E-state index in [1.54, 1.807) is 0 Å². The molecule has 0 radical (unpaired) electrons. The summed E-state index contributed by atoms with van der Waals surface area (Å²) in [5.74, 6) is -0.631. The molecule has 0 aromatic heterocycles. The predicted molar refractivity (Wildman–Crippen MR) is 266 cm³/mol. The van der Waals surface area contributed by atoms with Crippen LogP contribution < -0.4 is 0 Å². The summed E-state index contributed by atoms with van der Waals surface area (Å²) < 4.78 is 48.8. The molecule has 15 N–H and O–H groups in total. The van der Waals surface area contributed by atoms with Crippen LogP contribution in [0.4, 0.5) is 0 Å². The molecule has 77 heavy (non-hydrogen) atoms. The van der Waals surface area contributed by atoms with Crippen molar-refractivity contribution in [2.24, 2.45) is 39.4 Å². The number of rotatable bonds is 16. The van der Waals surface area contributed by atoms with Crippen LogP contribution in [0.3, 0.4) is 0 Å². The summed E-state index contributed by atoms with van der Waals surface area (Å²) in [5, 5.41) is 162. The minimum atomic E-state index is -1.83. The molecule has 4 saturated heterocycles. The van der Waals surface area contributed by atoms with Gasteiger partial charge in [0.2, 0.25) is 0 Å². The number of ether oxygens (including phenoxy) is 8. The smallest absolute Gasteiger partial charge is 0.187 e. The SMILES string of the molecule is CC(C)=CCC[C@](C)(O[C@@H]1O[C@H](CO[C@@H]2O[C@H](CO)[C@@H](O)[C@H](O)[C@H]2O)[C@@H](O)[C@H](O)[C@H]1O)[C@H]1CC[C@]2(C)[C@@H]1[C@H](O)C[C@@H]1[C@@]3(C)CC[C@H](O[C@@H]4O[C@H](CO)[C@@H](O)[C@H](O)[C@H]4O[C@@H]4O[C@H](CO)[C@@H](O)[C@H](O)[C@H]4O)C(C)(C)C3=CC[C@]12C. The lowest BCUT2D eigenvalue weighted by Crippen LogP contribution is -2.66. The fourth-order valence-electron chi connectivity index (χ4n) is 15.5. The van der Waals surface area contributed by atoms with Crippen molar-refractivity contribution in [1.29, 1.82) is 0 Å². The molecule has 3 saturated carbocycles. The van der Waals surface area contributed by atoms with Gasteiger partial charge in [-0.25, -0.2) is 0 Å². The lowest BCUT2D eigenvalue weighted by molar-refractivity contribution is -0.375. The van der Waals surface area contributed by atoms with Crippen LogP contribution in [0.1, 0.15) is 107 Å². The Balaban J connectivity index is 1.03. The van der Waals surface area contributed by atoms with E-state index in [0.29, 0.717) is 44.9 Å². The molecule has 8 rings (SSSR count).